The third kappa shape index (κ3) is 4.44. The molecular formula is C19H21F3N2OS. The standard InChI is InChI=1S/C19H21F3N2OS/c1-18(2,3)15-10-16(24(26-15)11-12-7-8-12)23-17(25)13-5-4-6-14(9-13)19(20,21)22/h4-6,9-10,12H,7-8,11H2,1-3H3. The topological polar surface area (TPSA) is 34.4 Å². The van der Waals surface area contributed by atoms with Gasteiger partial charge in [-0.25, -0.2) is 0 Å². The molecule has 1 fully saturated rings. The molecule has 2 aromatic rings. The van der Waals surface area contributed by atoms with Crippen LogP contribution in [-0.4, -0.2) is 9.86 Å². The summed E-state index contributed by atoms with van der Waals surface area (Å²) in [4.78, 5) is 17.7. The quantitative estimate of drug-likeness (QED) is 0.734. The fraction of sp³-hybridized carbons (Fsp3) is 0.474. The molecule has 0 N–H and O–H groups in total. The van der Waals surface area contributed by atoms with Gasteiger partial charge < -0.3 is 0 Å². The number of amides is 1. The Bertz CT molecular complexity index is 883. The second kappa shape index (κ2) is 6.68. The summed E-state index contributed by atoms with van der Waals surface area (Å²) in [5.41, 5.74) is -0.455. The molecule has 26 heavy (non-hydrogen) atoms. The summed E-state index contributed by atoms with van der Waals surface area (Å²) in [6, 6.07) is 6.28. The van der Waals surface area contributed by atoms with Crippen molar-refractivity contribution in [2.45, 2.75) is 51.7 Å². The van der Waals surface area contributed by atoms with Gasteiger partial charge in [0.05, 0.1) is 5.56 Å². The zero-order valence-electron chi connectivity index (χ0n) is 14.9. The van der Waals surface area contributed by atoms with Gasteiger partial charge in [-0.3, -0.25) is 8.75 Å². The van der Waals surface area contributed by atoms with Crippen LogP contribution in [0.3, 0.4) is 0 Å². The van der Waals surface area contributed by atoms with Crippen LogP contribution in [0.5, 0.6) is 0 Å². The number of rotatable bonds is 3. The lowest BCUT2D eigenvalue weighted by Gasteiger charge is -2.14. The molecule has 0 saturated heterocycles. The van der Waals surface area contributed by atoms with Gasteiger partial charge in [-0.2, -0.15) is 18.2 Å². The van der Waals surface area contributed by atoms with E-state index in [4.69, 9.17) is 0 Å². The molecule has 0 spiro atoms. The second-order valence-electron chi connectivity index (χ2n) is 7.71. The molecule has 1 saturated carbocycles. The highest BCUT2D eigenvalue weighted by atomic mass is 32.1. The first kappa shape index (κ1) is 18.9. The summed E-state index contributed by atoms with van der Waals surface area (Å²) < 4.78 is 40.6. The van der Waals surface area contributed by atoms with E-state index in [0.717, 1.165) is 36.4 Å². The minimum Gasteiger partial charge on any atom is -0.281 e. The Kier molecular flexibility index (Phi) is 4.86. The molecule has 1 aliphatic rings. The normalized spacial score (nSPS) is 16.2. The molecule has 0 radical (unpaired) electrons. The summed E-state index contributed by atoms with van der Waals surface area (Å²) in [5, 5.41) is 0. The van der Waals surface area contributed by atoms with Crippen LogP contribution in [0, 0.1) is 5.92 Å². The highest BCUT2D eigenvalue weighted by Gasteiger charge is 2.31. The summed E-state index contributed by atoms with van der Waals surface area (Å²) in [6.45, 7) is 7.05. The first-order chi connectivity index (χ1) is 12.0. The van der Waals surface area contributed by atoms with E-state index in [1.807, 2.05) is 10.0 Å². The summed E-state index contributed by atoms with van der Waals surface area (Å²) in [5.74, 6) is -0.0528. The number of benzene rings is 1. The van der Waals surface area contributed by atoms with E-state index < -0.39 is 17.6 Å². The van der Waals surface area contributed by atoms with Crippen LogP contribution in [0.1, 0.15) is 54.4 Å². The van der Waals surface area contributed by atoms with E-state index in [1.165, 1.54) is 12.1 Å². The molecule has 1 heterocycles. The molecule has 0 unspecified atom stereocenters. The minimum atomic E-state index is -4.48. The van der Waals surface area contributed by atoms with E-state index in [9.17, 15) is 18.0 Å². The molecule has 7 heteroatoms. The van der Waals surface area contributed by atoms with Gasteiger partial charge in [0, 0.05) is 17.0 Å². The molecule has 0 aliphatic heterocycles. The molecule has 3 nitrogen and oxygen atoms in total. The Morgan fingerprint density at radius 2 is 1.92 bits per heavy atom. The van der Waals surface area contributed by atoms with Crippen LogP contribution in [0.25, 0.3) is 0 Å². The lowest BCUT2D eigenvalue weighted by Crippen LogP contribution is -2.18. The lowest BCUT2D eigenvalue weighted by molar-refractivity contribution is -0.137. The summed E-state index contributed by atoms with van der Waals surface area (Å²) in [7, 11) is 0. The third-order valence-corrected chi connectivity index (χ3v) is 5.72. The number of alkyl halides is 3. The van der Waals surface area contributed by atoms with Gasteiger partial charge in [-0.05, 0) is 48.4 Å². The SMILES string of the molecule is CC(C)(C)c1cc(=NC(=O)c2cccc(C(F)(F)F)c2)n(CC2CC2)s1. The monoisotopic (exact) mass is 382 g/mol. The maximum atomic E-state index is 12.9. The maximum absolute atomic E-state index is 12.9. The first-order valence-electron chi connectivity index (χ1n) is 8.52. The average molecular weight is 382 g/mol. The van der Waals surface area contributed by atoms with Gasteiger partial charge in [0.15, 0.2) is 0 Å². The van der Waals surface area contributed by atoms with Gasteiger partial charge in [0.25, 0.3) is 5.91 Å². The summed E-state index contributed by atoms with van der Waals surface area (Å²) >= 11 is 1.57. The van der Waals surface area contributed by atoms with Crippen LogP contribution in [0.4, 0.5) is 13.2 Å². The van der Waals surface area contributed by atoms with Gasteiger partial charge in [-0.1, -0.05) is 38.4 Å². The smallest absolute Gasteiger partial charge is 0.281 e. The van der Waals surface area contributed by atoms with Crippen LogP contribution in [-0.2, 0) is 18.1 Å². The van der Waals surface area contributed by atoms with Gasteiger partial charge in [0.2, 0.25) is 0 Å². The highest BCUT2D eigenvalue weighted by Crippen LogP contribution is 2.32. The van der Waals surface area contributed by atoms with E-state index in [-0.39, 0.29) is 11.0 Å². The van der Waals surface area contributed by atoms with Crippen molar-refractivity contribution < 1.29 is 18.0 Å². The average Bonchev–Trinajstić information content (AvgIpc) is 3.26. The maximum Gasteiger partial charge on any atom is 0.416 e. The Morgan fingerprint density at radius 1 is 1.23 bits per heavy atom. The van der Waals surface area contributed by atoms with Crippen molar-refractivity contribution in [1.29, 1.82) is 0 Å². The molecule has 3 rings (SSSR count). The third-order valence-electron chi connectivity index (χ3n) is 4.24. The molecular weight excluding hydrogens is 361 g/mol. The first-order valence-corrected chi connectivity index (χ1v) is 9.29. The second-order valence-corrected chi connectivity index (χ2v) is 8.77. The van der Waals surface area contributed by atoms with E-state index in [1.54, 1.807) is 11.5 Å². The van der Waals surface area contributed by atoms with Crippen LogP contribution in [0.2, 0.25) is 0 Å². The zero-order valence-corrected chi connectivity index (χ0v) is 15.7. The van der Waals surface area contributed by atoms with Gasteiger partial charge in [0.1, 0.15) is 5.49 Å². The Labute approximate surface area is 154 Å². The molecule has 1 aromatic heterocycles. The highest BCUT2D eigenvalue weighted by molar-refractivity contribution is 7.06. The van der Waals surface area contributed by atoms with Crippen LogP contribution in [0.15, 0.2) is 35.3 Å². The Balaban J connectivity index is 1.98. The van der Waals surface area contributed by atoms with Crippen molar-refractivity contribution in [3.63, 3.8) is 0 Å². The van der Waals surface area contributed by atoms with Crippen molar-refractivity contribution in [3.05, 3.63) is 51.8 Å². The molecule has 1 aromatic carbocycles. The van der Waals surface area contributed by atoms with Gasteiger partial charge >= 0.3 is 6.18 Å². The predicted octanol–water partition coefficient (Wildman–Crippen LogP) is 5.02. The predicted molar refractivity (Wildman–Crippen MR) is 95.1 cm³/mol. The molecule has 0 atom stereocenters. The zero-order chi connectivity index (χ0) is 19.1. The number of hydrogen-bond donors (Lipinski definition) is 0. The molecule has 140 valence electrons. The number of nitrogens with zero attached hydrogens (tertiary/aromatic N) is 2. The number of hydrogen-bond acceptors (Lipinski definition) is 2. The van der Waals surface area contributed by atoms with Crippen molar-refractivity contribution in [1.82, 2.24) is 3.96 Å². The number of aromatic nitrogens is 1. The number of carbonyl (C=O) groups is 1. The molecule has 1 amide bonds. The molecule has 1 aliphatic carbocycles. The lowest BCUT2D eigenvalue weighted by atomic mass is 9.95. The van der Waals surface area contributed by atoms with E-state index in [2.05, 4.69) is 25.8 Å². The van der Waals surface area contributed by atoms with E-state index in [0.29, 0.717) is 11.4 Å². The Morgan fingerprint density at radius 3 is 2.50 bits per heavy atom. The fourth-order valence-corrected chi connectivity index (χ4v) is 3.63. The minimum absolute atomic E-state index is 0.0543. The van der Waals surface area contributed by atoms with E-state index >= 15 is 0 Å². The van der Waals surface area contributed by atoms with Gasteiger partial charge in [-0.15, -0.1) is 0 Å². The van der Waals surface area contributed by atoms with Crippen molar-refractivity contribution >= 4 is 17.4 Å². The van der Waals surface area contributed by atoms with Crippen LogP contribution >= 0.6 is 11.5 Å². The van der Waals surface area contributed by atoms with Crippen molar-refractivity contribution in [3.8, 4) is 0 Å². The summed E-state index contributed by atoms with van der Waals surface area (Å²) in [6.07, 6.45) is -2.16. The number of halogens is 3. The van der Waals surface area contributed by atoms with Crippen molar-refractivity contribution in [2.24, 2.45) is 10.9 Å². The number of carbonyl (C=O) groups excluding carboxylic acids is 1. The largest absolute Gasteiger partial charge is 0.416 e. The van der Waals surface area contributed by atoms with Crippen molar-refractivity contribution in [2.75, 3.05) is 0 Å². The van der Waals surface area contributed by atoms with Crippen LogP contribution < -0.4 is 5.49 Å². The molecule has 0 bridgehead atoms. The fourth-order valence-electron chi connectivity index (χ4n) is 2.49. The Hall–Kier alpha value is -1.89.